The van der Waals surface area contributed by atoms with Gasteiger partial charge in [-0.15, -0.1) is 0 Å². The number of hydrogen-bond donors (Lipinski definition) is 1. The fourth-order valence-electron chi connectivity index (χ4n) is 0.678. The molecule has 0 saturated carbocycles. The van der Waals surface area contributed by atoms with Crippen molar-refractivity contribution in [3.05, 3.63) is 35.9 Å². The lowest BCUT2D eigenvalue weighted by atomic mass is 10.2. The van der Waals surface area contributed by atoms with Crippen LogP contribution >= 0.6 is 0 Å². The highest BCUT2D eigenvalue weighted by molar-refractivity contribution is 5.79. The Morgan fingerprint density at radius 1 is 1.30 bits per heavy atom. The molecule has 0 aliphatic rings. The third-order valence-corrected chi connectivity index (χ3v) is 1.14. The molecule has 0 bridgehead atoms. The largest absolute Gasteiger partial charge is 0.313 e. The minimum absolute atomic E-state index is 1.11. The lowest BCUT2D eigenvalue weighted by Gasteiger charge is -1.88. The molecule has 0 atom stereocenters. The first-order valence-corrected chi connectivity index (χ1v) is 3.18. The van der Waals surface area contributed by atoms with Gasteiger partial charge in [-0.3, -0.25) is 0 Å². The van der Waals surface area contributed by atoms with E-state index in [0.717, 1.165) is 5.56 Å². The van der Waals surface area contributed by atoms with Gasteiger partial charge < -0.3 is 5.43 Å². The SMILES string of the molecule is CN/N=C/c1ccccc1. The molecule has 0 radical (unpaired) electrons. The van der Waals surface area contributed by atoms with Gasteiger partial charge in [0.05, 0.1) is 6.21 Å². The van der Waals surface area contributed by atoms with Crippen molar-refractivity contribution in [2.24, 2.45) is 5.10 Å². The summed E-state index contributed by atoms with van der Waals surface area (Å²) in [5.41, 5.74) is 3.79. The molecule has 2 nitrogen and oxygen atoms in total. The maximum atomic E-state index is 3.87. The van der Waals surface area contributed by atoms with Gasteiger partial charge >= 0.3 is 0 Å². The van der Waals surface area contributed by atoms with E-state index in [-0.39, 0.29) is 0 Å². The second-order valence-electron chi connectivity index (χ2n) is 1.89. The summed E-state index contributed by atoms with van der Waals surface area (Å²) in [5, 5.41) is 3.87. The summed E-state index contributed by atoms with van der Waals surface area (Å²) < 4.78 is 0. The highest BCUT2D eigenvalue weighted by Crippen LogP contribution is 1.92. The van der Waals surface area contributed by atoms with Gasteiger partial charge in [0.15, 0.2) is 0 Å². The fourth-order valence-corrected chi connectivity index (χ4v) is 0.678. The summed E-state index contributed by atoms with van der Waals surface area (Å²) in [6.07, 6.45) is 1.78. The summed E-state index contributed by atoms with van der Waals surface area (Å²) in [5.74, 6) is 0. The Bertz CT molecular complexity index is 204. The monoisotopic (exact) mass is 134 g/mol. The molecule has 1 N–H and O–H groups in total. The molecule has 0 saturated heterocycles. The van der Waals surface area contributed by atoms with Crippen LogP contribution in [-0.2, 0) is 0 Å². The van der Waals surface area contributed by atoms with E-state index >= 15 is 0 Å². The molecule has 0 aromatic heterocycles. The molecule has 1 aromatic carbocycles. The summed E-state index contributed by atoms with van der Waals surface area (Å²) in [4.78, 5) is 0. The summed E-state index contributed by atoms with van der Waals surface area (Å²) >= 11 is 0. The zero-order chi connectivity index (χ0) is 7.23. The van der Waals surface area contributed by atoms with Crippen LogP contribution in [-0.4, -0.2) is 13.3 Å². The molecule has 0 heterocycles. The molecule has 1 aromatic rings. The Morgan fingerprint density at radius 2 is 2.00 bits per heavy atom. The molecule has 0 aliphatic heterocycles. The molecule has 0 spiro atoms. The van der Waals surface area contributed by atoms with Crippen molar-refractivity contribution in [1.82, 2.24) is 5.43 Å². The maximum absolute atomic E-state index is 3.87. The number of nitrogens with one attached hydrogen (secondary N) is 1. The van der Waals surface area contributed by atoms with Gasteiger partial charge in [-0.05, 0) is 5.56 Å². The molecule has 2 heteroatoms. The van der Waals surface area contributed by atoms with Gasteiger partial charge in [-0.2, -0.15) is 5.10 Å². The van der Waals surface area contributed by atoms with Crippen LogP contribution in [0.2, 0.25) is 0 Å². The number of hydrogen-bond acceptors (Lipinski definition) is 2. The van der Waals surface area contributed by atoms with Gasteiger partial charge in [0.2, 0.25) is 0 Å². The Hall–Kier alpha value is -1.31. The molecule has 1 rings (SSSR count). The molecule has 0 fully saturated rings. The molecule has 0 aliphatic carbocycles. The third-order valence-electron chi connectivity index (χ3n) is 1.14. The van der Waals surface area contributed by atoms with E-state index in [1.165, 1.54) is 0 Å². The minimum Gasteiger partial charge on any atom is -0.313 e. The predicted octanol–water partition coefficient (Wildman–Crippen LogP) is 1.24. The second kappa shape index (κ2) is 3.67. The summed E-state index contributed by atoms with van der Waals surface area (Å²) in [6, 6.07) is 9.95. The van der Waals surface area contributed by atoms with Gasteiger partial charge in [-0.1, -0.05) is 30.3 Å². The molecular weight excluding hydrogens is 124 g/mol. The zero-order valence-electron chi connectivity index (χ0n) is 5.91. The van der Waals surface area contributed by atoms with Crippen molar-refractivity contribution in [1.29, 1.82) is 0 Å². The maximum Gasteiger partial charge on any atom is 0.0540 e. The van der Waals surface area contributed by atoms with Crippen LogP contribution in [0.4, 0.5) is 0 Å². The van der Waals surface area contributed by atoms with Crippen LogP contribution in [0.25, 0.3) is 0 Å². The second-order valence-corrected chi connectivity index (χ2v) is 1.89. The number of hydrazone groups is 1. The van der Waals surface area contributed by atoms with Crippen LogP contribution in [0.5, 0.6) is 0 Å². The van der Waals surface area contributed by atoms with Crippen molar-refractivity contribution in [3.63, 3.8) is 0 Å². The highest BCUT2D eigenvalue weighted by atomic mass is 15.3. The topological polar surface area (TPSA) is 24.4 Å². The van der Waals surface area contributed by atoms with E-state index < -0.39 is 0 Å². The average Bonchev–Trinajstić information content (AvgIpc) is 2.03. The standard InChI is InChI=1S/C8H10N2/c1-9-10-7-8-5-3-2-4-6-8/h2-7,9H,1H3/b10-7+. The molecule has 0 amide bonds. The Labute approximate surface area is 60.6 Å². The Balaban J connectivity index is 2.67. The number of rotatable bonds is 2. The van der Waals surface area contributed by atoms with E-state index in [2.05, 4.69) is 10.5 Å². The van der Waals surface area contributed by atoms with Gasteiger partial charge in [0.25, 0.3) is 0 Å². The smallest absolute Gasteiger partial charge is 0.0540 e. The first-order chi connectivity index (χ1) is 4.93. The van der Waals surface area contributed by atoms with Crippen LogP contribution < -0.4 is 5.43 Å². The first kappa shape index (κ1) is 6.81. The van der Waals surface area contributed by atoms with Crippen molar-refractivity contribution < 1.29 is 0 Å². The number of benzene rings is 1. The quantitative estimate of drug-likeness (QED) is 0.477. The average molecular weight is 134 g/mol. The van der Waals surface area contributed by atoms with Crippen molar-refractivity contribution in [3.8, 4) is 0 Å². The van der Waals surface area contributed by atoms with Gasteiger partial charge in [0, 0.05) is 7.05 Å². The highest BCUT2D eigenvalue weighted by Gasteiger charge is 1.80. The molecule has 0 unspecified atom stereocenters. The van der Waals surface area contributed by atoms with E-state index in [1.54, 1.807) is 13.3 Å². The van der Waals surface area contributed by atoms with Crippen molar-refractivity contribution >= 4 is 6.21 Å². The Kier molecular flexibility index (Phi) is 2.49. The predicted molar refractivity (Wildman–Crippen MR) is 43.1 cm³/mol. The van der Waals surface area contributed by atoms with E-state index in [9.17, 15) is 0 Å². The molecular formula is C8H10N2. The zero-order valence-corrected chi connectivity index (χ0v) is 5.91. The van der Waals surface area contributed by atoms with E-state index in [4.69, 9.17) is 0 Å². The third kappa shape index (κ3) is 1.90. The molecule has 10 heavy (non-hydrogen) atoms. The normalized spacial score (nSPS) is 10.1. The summed E-state index contributed by atoms with van der Waals surface area (Å²) in [7, 11) is 1.78. The van der Waals surface area contributed by atoms with Crippen LogP contribution in [0, 0.1) is 0 Å². The first-order valence-electron chi connectivity index (χ1n) is 3.18. The summed E-state index contributed by atoms with van der Waals surface area (Å²) in [6.45, 7) is 0. The lowest BCUT2D eigenvalue weighted by molar-refractivity contribution is 0.908. The fraction of sp³-hybridized carbons (Fsp3) is 0.125. The van der Waals surface area contributed by atoms with E-state index in [1.807, 2.05) is 30.3 Å². The Morgan fingerprint density at radius 3 is 2.60 bits per heavy atom. The van der Waals surface area contributed by atoms with Crippen LogP contribution in [0.15, 0.2) is 35.4 Å². The lowest BCUT2D eigenvalue weighted by Crippen LogP contribution is -1.94. The van der Waals surface area contributed by atoms with Crippen molar-refractivity contribution in [2.75, 3.05) is 7.05 Å². The number of nitrogens with zero attached hydrogens (tertiary/aromatic N) is 1. The van der Waals surface area contributed by atoms with Crippen LogP contribution in [0.3, 0.4) is 0 Å². The minimum atomic E-state index is 1.11. The van der Waals surface area contributed by atoms with Crippen molar-refractivity contribution in [2.45, 2.75) is 0 Å². The van der Waals surface area contributed by atoms with E-state index in [0.29, 0.717) is 0 Å². The molecule has 52 valence electrons. The van der Waals surface area contributed by atoms with Gasteiger partial charge in [0.1, 0.15) is 0 Å². The van der Waals surface area contributed by atoms with Gasteiger partial charge in [-0.25, -0.2) is 0 Å². The van der Waals surface area contributed by atoms with Crippen LogP contribution in [0.1, 0.15) is 5.56 Å².